The number of alkyl halides is 3. The summed E-state index contributed by atoms with van der Waals surface area (Å²) in [6.07, 6.45) is -7.80. The Bertz CT molecular complexity index is 1650. The first-order chi connectivity index (χ1) is 25.4. The molecule has 0 saturated heterocycles. The highest BCUT2D eigenvalue weighted by Gasteiger charge is 2.52. The fourth-order valence-corrected chi connectivity index (χ4v) is 6.04. The van der Waals surface area contributed by atoms with Crippen molar-refractivity contribution in [1.29, 1.82) is 0 Å². The molecule has 3 rings (SSSR count). The van der Waals surface area contributed by atoms with Crippen LogP contribution in [-0.2, 0) is 39.6 Å². The Labute approximate surface area is 301 Å². The van der Waals surface area contributed by atoms with Gasteiger partial charge in [-0.2, -0.15) is 13.2 Å². The van der Waals surface area contributed by atoms with Crippen molar-refractivity contribution < 1.29 is 60.2 Å². The second-order valence-corrected chi connectivity index (χ2v) is 12.4. The van der Waals surface area contributed by atoms with Crippen molar-refractivity contribution in [3.8, 4) is 11.5 Å². The second-order valence-electron chi connectivity index (χ2n) is 10.3. The number of rotatable bonds is 21. The predicted molar refractivity (Wildman–Crippen MR) is 183 cm³/mol. The first-order valence-electron chi connectivity index (χ1n) is 15.7. The molecular formula is C32H37F3N7O10P. The number of aliphatic imine (C=N–C) groups is 1. The van der Waals surface area contributed by atoms with E-state index in [0.29, 0.717) is 5.69 Å². The zero-order valence-electron chi connectivity index (χ0n) is 28.1. The number of ether oxygens (including phenoxy) is 4. The van der Waals surface area contributed by atoms with Gasteiger partial charge in [0.2, 0.25) is 5.78 Å². The normalized spacial score (nSPS) is 11.8. The van der Waals surface area contributed by atoms with E-state index < -0.39 is 44.6 Å². The fraction of sp³-hybridized carbons (Fsp3) is 0.344. The third-order valence-corrected chi connectivity index (χ3v) is 8.44. The highest BCUT2D eigenvalue weighted by molar-refractivity contribution is 7.55. The topological polar surface area (TPSA) is 232 Å². The standard InChI is InChI=1S/C32H37F3N7O10P/c33-32(34,35)29(43)50-42(31(44)49-22-21-48-20-19-47-18-17-46-16-15-39-41-38)28(23-24-11-13-25(14-12-24)40-30(36)37)53(45,51-26-7-3-1-4-8-26)52-27-9-5-2-6-10-27/h1-14,28H,15-23H2,(H4,36,37,40). The average Bonchev–Trinajstić information content (AvgIpc) is 3.12. The van der Waals surface area contributed by atoms with Crippen molar-refractivity contribution in [2.24, 2.45) is 21.6 Å². The van der Waals surface area contributed by atoms with Crippen molar-refractivity contribution in [1.82, 2.24) is 5.06 Å². The minimum Gasteiger partial charge on any atom is -0.445 e. The quantitative estimate of drug-likeness (QED) is 0.0196. The van der Waals surface area contributed by atoms with Crippen LogP contribution in [0.25, 0.3) is 10.4 Å². The van der Waals surface area contributed by atoms with E-state index in [1.165, 1.54) is 72.8 Å². The van der Waals surface area contributed by atoms with Crippen LogP contribution in [0.3, 0.4) is 0 Å². The molecule has 286 valence electrons. The molecule has 53 heavy (non-hydrogen) atoms. The highest BCUT2D eigenvalue weighted by atomic mass is 31.2. The molecule has 0 aliphatic rings. The Hall–Kier alpha value is -5.52. The third-order valence-electron chi connectivity index (χ3n) is 6.39. The number of hydrogen-bond donors (Lipinski definition) is 2. The van der Waals surface area contributed by atoms with E-state index in [0.717, 1.165) is 0 Å². The van der Waals surface area contributed by atoms with Gasteiger partial charge in [-0.15, -0.1) is 5.06 Å². The van der Waals surface area contributed by atoms with Crippen LogP contribution in [0.2, 0.25) is 0 Å². The monoisotopic (exact) mass is 767 g/mol. The van der Waals surface area contributed by atoms with Gasteiger partial charge in [-0.1, -0.05) is 53.6 Å². The Morgan fingerprint density at radius 2 is 1.30 bits per heavy atom. The van der Waals surface area contributed by atoms with Crippen LogP contribution in [0.1, 0.15) is 5.56 Å². The van der Waals surface area contributed by atoms with E-state index in [2.05, 4.69) is 19.9 Å². The van der Waals surface area contributed by atoms with Crippen LogP contribution >= 0.6 is 7.60 Å². The average molecular weight is 768 g/mol. The summed E-state index contributed by atoms with van der Waals surface area (Å²) in [6, 6.07) is 20.7. The molecule has 1 amide bonds. The molecule has 0 saturated carbocycles. The predicted octanol–water partition coefficient (Wildman–Crippen LogP) is 5.63. The summed E-state index contributed by atoms with van der Waals surface area (Å²) in [6.45, 7) is 0.206. The largest absolute Gasteiger partial charge is 0.493 e. The summed E-state index contributed by atoms with van der Waals surface area (Å²) >= 11 is 0. The Balaban J connectivity index is 1.88. The van der Waals surface area contributed by atoms with Crippen LogP contribution in [0, 0.1) is 0 Å². The SMILES string of the molecule is [N-]=[N+]=NCCOCCOCCOCCOC(=O)N(OC(=O)C(F)(F)F)C(Cc1ccc(N=C(N)N)cc1)P(=O)(Oc1ccccc1)Oc1ccccc1. The summed E-state index contributed by atoms with van der Waals surface area (Å²) < 4.78 is 88.4. The Morgan fingerprint density at radius 3 is 1.79 bits per heavy atom. The van der Waals surface area contributed by atoms with Crippen molar-refractivity contribution in [3.05, 3.63) is 101 Å². The number of nitrogens with two attached hydrogens (primary N) is 2. The van der Waals surface area contributed by atoms with Crippen LogP contribution in [0.4, 0.5) is 23.7 Å². The molecule has 4 N–H and O–H groups in total. The number of para-hydroxylation sites is 2. The van der Waals surface area contributed by atoms with Gasteiger partial charge in [-0.3, -0.25) is 0 Å². The third kappa shape index (κ3) is 15.3. The summed E-state index contributed by atoms with van der Waals surface area (Å²) in [5.74, 6) is -5.25. The van der Waals surface area contributed by atoms with Crippen LogP contribution < -0.4 is 20.5 Å². The first-order valence-corrected chi connectivity index (χ1v) is 17.3. The van der Waals surface area contributed by atoms with Crippen LogP contribution in [0.15, 0.2) is 95.0 Å². The number of guanidine groups is 1. The maximum atomic E-state index is 14.9. The van der Waals surface area contributed by atoms with Gasteiger partial charge < -0.3 is 44.3 Å². The van der Waals surface area contributed by atoms with Gasteiger partial charge >= 0.3 is 25.8 Å². The van der Waals surface area contributed by atoms with E-state index in [-0.39, 0.29) is 74.3 Å². The van der Waals surface area contributed by atoms with Gasteiger partial charge in [-0.25, -0.2) is 19.1 Å². The summed E-state index contributed by atoms with van der Waals surface area (Å²) in [7, 11) is -4.93. The number of nitrogens with zero attached hydrogens (tertiary/aromatic N) is 5. The number of hydrogen-bond acceptors (Lipinski definition) is 12. The molecule has 0 radical (unpaired) electrons. The van der Waals surface area contributed by atoms with E-state index in [1.54, 1.807) is 12.1 Å². The lowest BCUT2D eigenvalue weighted by Crippen LogP contribution is -2.47. The van der Waals surface area contributed by atoms with Gasteiger partial charge in [-0.05, 0) is 47.5 Å². The molecule has 1 atom stereocenters. The lowest BCUT2D eigenvalue weighted by atomic mass is 10.1. The smallest absolute Gasteiger partial charge is 0.445 e. The summed E-state index contributed by atoms with van der Waals surface area (Å²) in [5, 5.41) is 3.21. The van der Waals surface area contributed by atoms with Crippen LogP contribution in [0.5, 0.6) is 11.5 Å². The Kier molecular flexibility index (Phi) is 17.2. The molecule has 3 aromatic carbocycles. The van der Waals surface area contributed by atoms with Crippen molar-refractivity contribution in [2.75, 3.05) is 52.8 Å². The molecule has 17 nitrogen and oxygen atoms in total. The van der Waals surface area contributed by atoms with Gasteiger partial charge in [0.1, 0.15) is 18.1 Å². The number of amides is 1. The minimum atomic E-state index is -5.59. The molecule has 0 bridgehead atoms. The molecule has 1 unspecified atom stereocenters. The molecule has 0 heterocycles. The molecule has 0 fully saturated rings. The lowest BCUT2D eigenvalue weighted by Gasteiger charge is -2.33. The van der Waals surface area contributed by atoms with E-state index in [1.807, 2.05) is 0 Å². The number of azide groups is 1. The molecule has 0 aliphatic carbocycles. The first kappa shape index (κ1) is 41.9. The second kappa shape index (κ2) is 21.8. The van der Waals surface area contributed by atoms with Crippen molar-refractivity contribution in [2.45, 2.75) is 18.4 Å². The number of halogens is 3. The molecule has 0 spiro atoms. The minimum absolute atomic E-state index is 0.0343. The number of carbonyl (C=O) groups is 2. The van der Waals surface area contributed by atoms with Gasteiger partial charge in [0.25, 0.3) is 0 Å². The van der Waals surface area contributed by atoms with Crippen molar-refractivity contribution >= 4 is 31.3 Å². The molecule has 3 aromatic rings. The zero-order valence-corrected chi connectivity index (χ0v) is 29.0. The summed E-state index contributed by atoms with van der Waals surface area (Å²) in [4.78, 5) is 36.9. The van der Waals surface area contributed by atoms with E-state index in [9.17, 15) is 27.3 Å². The summed E-state index contributed by atoms with van der Waals surface area (Å²) in [5.41, 5.74) is 19.7. The van der Waals surface area contributed by atoms with Crippen molar-refractivity contribution in [3.63, 3.8) is 0 Å². The van der Waals surface area contributed by atoms with Gasteiger partial charge in [0, 0.05) is 17.9 Å². The van der Waals surface area contributed by atoms with Crippen LogP contribution in [-0.4, -0.2) is 87.8 Å². The number of carbonyl (C=O) groups excluding carboxylic acids is 2. The highest BCUT2D eigenvalue weighted by Crippen LogP contribution is 2.55. The molecular weight excluding hydrogens is 730 g/mol. The maximum absolute atomic E-state index is 14.9. The van der Waals surface area contributed by atoms with E-state index in [4.69, 9.17) is 45.0 Å². The molecule has 0 aliphatic heterocycles. The fourth-order valence-electron chi connectivity index (χ4n) is 4.09. The Morgan fingerprint density at radius 1 is 0.792 bits per heavy atom. The number of hydroxylamine groups is 2. The maximum Gasteiger partial charge on any atom is 0.493 e. The lowest BCUT2D eigenvalue weighted by molar-refractivity contribution is -0.234. The zero-order chi connectivity index (χ0) is 38.5. The molecule has 21 heteroatoms. The van der Waals surface area contributed by atoms with Gasteiger partial charge in [0.05, 0.1) is 45.3 Å². The van der Waals surface area contributed by atoms with Gasteiger partial charge in [0.15, 0.2) is 5.96 Å². The molecule has 0 aromatic heterocycles. The van der Waals surface area contributed by atoms with E-state index >= 15 is 0 Å². The number of benzene rings is 3.